The van der Waals surface area contributed by atoms with Gasteiger partial charge in [0.25, 0.3) is 5.91 Å². The standard InChI is InChI=1S/C28H31N3O6S/c1-28(2,3)37-27(34)31-14-12-18-10-11-20(16-22(18)23(31)25(33)35-4)36-15-13-21-17-29-26(38-21)30-24(32)19-8-6-5-7-9-19/h5-11,16-17,23H,12-15H2,1-4H3,(H,29,30,32). The number of aromatic nitrogens is 1. The predicted molar refractivity (Wildman–Crippen MR) is 144 cm³/mol. The molecule has 3 aromatic rings. The summed E-state index contributed by atoms with van der Waals surface area (Å²) in [6, 6.07) is 13.6. The van der Waals surface area contributed by atoms with Gasteiger partial charge in [0.05, 0.1) is 13.7 Å². The average molecular weight is 538 g/mol. The minimum Gasteiger partial charge on any atom is -0.493 e. The number of ether oxygens (including phenoxy) is 3. The lowest BCUT2D eigenvalue weighted by Crippen LogP contribution is -2.46. The fourth-order valence-corrected chi connectivity index (χ4v) is 4.86. The zero-order chi connectivity index (χ0) is 27.3. The number of carbonyl (C=O) groups is 3. The number of thiazole rings is 1. The van der Waals surface area contributed by atoms with E-state index in [1.54, 1.807) is 45.2 Å². The number of fused-ring (bicyclic) bond motifs is 1. The van der Waals surface area contributed by atoms with Crippen molar-refractivity contribution in [2.75, 3.05) is 25.6 Å². The molecule has 1 aliphatic heterocycles. The second-order valence-electron chi connectivity index (χ2n) is 9.76. The van der Waals surface area contributed by atoms with Gasteiger partial charge in [0.1, 0.15) is 11.4 Å². The molecule has 10 heteroatoms. The molecule has 4 rings (SSSR count). The molecule has 0 aliphatic carbocycles. The summed E-state index contributed by atoms with van der Waals surface area (Å²) in [6.45, 7) is 6.06. The van der Waals surface area contributed by atoms with Gasteiger partial charge >= 0.3 is 12.1 Å². The second-order valence-corrected chi connectivity index (χ2v) is 10.9. The number of hydrogen-bond acceptors (Lipinski definition) is 8. The van der Waals surface area contributed by atoms with Gasteiger partial charge in [-0.15, -0.1) is 11.3 Å². The number of carbonyl (C=O) groups excluding carboxylic acids is 3. The summed E-state index contributed by atoms with van der Waals surface area (Å²) in [5.41, 5.74) is 1.49. The molecule has 9 nitrogen and oxygen atoms in total. The zero-order valence-electron chi connectivity index (χ0n) is 21.9. The van der Waals surface area contributed by atoms with Crippen LogP contribution in [0.3, 0.4) is 0 Å². The first-order valence-electron chi connectivity index (χ1n) is 12.3. The van der Waals surface area contributed by atoms with E-state index in [0.29, 0.717) is 48.0 Å². The third-order valence-electron chi connectivity index (χ3n) is 5.83. The van der Waals surface area contributed by atoms with Crippen LogP contribution in [0.2, 0.25) is 0 Å². The lowest BCUT2D eigenvalue weighted by Gasteiger charge is -2.36. The lowest BCUT2D eigenvalue weighted by molar-refractivity contribution is -0.147. The third-order valence-corrected chi connectivity index (χ3v) is 6.80. The molecule has 1 unspecified atom stereocenters. The van der Waals surface area contributed by atoms with Crippen LogP contribution in [-0.4, -0.2) is 53.7 Å². The average Bonchev–Trinajstić information content (AvgIpc) is 3.33. The van der Waals surface area contributed by atoms with E-state index in [1.807, 2.05) is 30.3 Å². The maximum absolute atomic E-state index is 12.9. The van der Waals surface area contributed by atoms with Crippen LogP contribution in [0.15, 0.2) is 54.7 Å². The van der Waals surface area contributed by atoms with Gasteiger partial charge in [-0.25, -0.2) is 14.6 Å². The van der Waals surface area contributed by atoms with Crippen LogP contribution in [0.4, 0.5) is 9.93 Å². The number of rotatable bonds is 7. The molecule has 0 spiro atoms. The molecule has 1 aliphatic rings. The van der Waals surface area contributed by atoms with Crippen molar-refractivity contribution in [1.29, 1.82) is 0 Å². The summed E-state index contributed by atoms with van der Waals surface area (Å²) >= 11 is 1.39. The number of amides is 2. The fraction of sp³-hybridized carbons (Fsp3) is 0.357. The molecule has 0 radical (unpaired) electrons. The summed E-state index contributed by atoms with van der Waals surface area (Å²) in [5, 5.41) is 3.33. The van der Waals surface area contributed by atoms with Crippen LogP contribution in [0.25, 0.3) is 0 Å². The van der Waals surface area contributed by atoms with E-state index in [4.69, 9.17) is 14.2 Å². The van der Waals surface area contributed by atoms with Gasteiger partial charge in [-0.2, -0.15) is 0 Å². The molecule has 2 aromatic carbocycles. The van der Waals surface area contributed by atoms with E-state index < -0.39 is 23.7 Å². The number of anilines is 1. The highest BCUT2D eigenvalue weighted by atomic mass is 32.1. The molecule has 0 bridgehead atoms. The van der Waals surface area contributed by atoms with Crippen LogP contribution in [-0.2, 0) is 27.1 Å². The van der Waals surface area contributed by atoms with Crippen LogP contribution in [0.5, 0.6) is 5.75 Å². The first-order chi connectivity index (χ1) is 18.1. The Balaban J connectivity index is 1.40. The molecule has 1 atom stereocenters. The number of benzene rings is 2. The normalized spacial score (nSPS) is 14.8. The molecule has 0 fully saturated rings. The molecular formula is C28H31N3O6S. The number of nitrogens with zero attached hydrogens (tertiary/aromatic N) is 2. The molecule has 200 valence electrons. The Labute approximate surface area is 225 Å². The molecule has 2 amide bonds. The van der Waals surface area contributed by atoms with Crippen molar-refractivity contribution < 1.29 is 28.6 Å². The fourth-order valence-electron chi connectivity index (χ4n) is 4.08. The van der Waals surface area contributed by atoms with E-state index >= 15 is 0 Å². The van der Waals surface area contributed by atoms with E-state index in [-0.39, 0.29) is 5.91 Å². The number of nitrogens with one attached hydrogen (secondary N) is 1. The highest BCUT2D eigenvalue weighted by Crippen LogP contribution is 2.34. The Morgan fingerprint density at radius 1 is 1.13 bits per heavy atom. The van der Waals surface area contributed by atoms with Crippen molar-refractivity contribution in [2.45, 2.75) is 45.3 Å². The number of esters is 1. The summed E-state index contributed by atoms with van der Waals surface area (Å²) in [5.74, 6) is -0.174. The van der Waals surface area contributed by atoms with Gasteiger partial charge in [-0.1, -0.05) is 24.3 Å². The second kappa shape index (κ2) is 11.6. The number of methoxy groups -OCH3 is 1. The van der Waals surface area contributed by atoms with Gasteiger partial charge in [-0.05, 0) is 62.6 Å². The van der Waals surface area contributed by atoms with Gasteiger partial charge in [-0.3, -0.25) is 15.0 Å². The highest BCUT2D eigenvalue weighted by Gasteiger charge is 2.39. The molecule has 38 heavy (non-hydrogen) atoms. The first kappa shape index (κ1) is 27.1. The van der Waals surface area contributed by atoms with E-state index in [2.05, 4.69) is 10.3 Å². The van der Waals surface area contributed by atoms with Crippen LogP contribution in [0, 0.1) is 0 Å². The molecule has 2 heterocycles. The third kappa shape index (κ3) is 6.69. The Hall–Kier alpha value is -3.92. The van der Waals surface area contributed by atoms with Gasteiger partial charge in [0.2, 0.25) is 0 Å². The monoisotopic (exact) mass is 537 g/mol. The van der Waals surface area contributed by atoms with Crippen LogP contribution >= 0.6 is 11.3 Å². The van der Waals surface area contributed by atoms with Crippen LogP contribution in [0.1, 0.15) is 53.2 Å². The van der Waals surface area contributed by atoms with Gasteiger partial charge in [0, 0.05) is 29.6 Å². The Kier molecular flexibility index (Phi) is 8.31. The van der Waals surface area contributed by atoms with Crippen molar-refractivity contribution in [1.82, 2.24) is 9.88 Å². The molecular weight excluding hydrogens is 506 g/mol. The summed E-state index contributed by atoms with van der Waals surface area (Å²) in [7, 11) is 1.30. The van der Waals surface area contributed by atoms with Gasteiger partial charge in [0.15, 0.2) is 11.2 Å². The highest BCUT2D eigenvalue weighted by molar-refractivity contribution is 7.15. The SMILES string of the molecule is COC(=O)C1c2cc(OCCc3cnc(NC(=O)c4ccccc4)s3)ccc2CCN1C(=O)OC(C)(C)C. The maximum atomic E-state index is 12.9. The van der Waals surface area contributed by atoms with Crippen molar-refractivity contribution in [3.8, 4) is 5.75 Å². The van der Waals surface area contributed by atoms with Crippen molar-refractivity contribution >= 4 is 34.4 Å². The van der Waals surface area contributed by atoms with Crippen LogP contribution < -0.4 is 10.1 Å². The molecule has 1 N–H and O–H groups in total. The van der Waals surface area contributed by atoms with Crippen molar-refractivity contribution in [3.05, 3.63) is 76.3 Å². The lowest BCUT2D eigenvalue weighted by atomic mass is 9.92. The first-order valence-corrected chi connectivity index (χ1v) is 13.1. The van der Waals surface area contributed by atoms with E-state index in [0.717, 1.165) is 10.4 Å². The van der Waals surface area contributed by atoms with Gasteiger partial charge < -0.3 is 14.2 Å². The molecule has 0 saturated carbocycles. The zero-order valence-corrected chi connectivity index (χ0v) is 22.7. The Bertz CT molecular complexity index is 1300. The minimum atomic E-state index is -0.917. The summed E-state index contributed by atoms with van der Waals surface area (Å²) < 4.78 is 16.5. The quantitative estimate of drug-likeness (QED) is 0.422. The van der Waals surface area contributed by atoms with E-state index in [9.17, 15) is 14.4 Å². The predicted octanol–water partition coefficient (Wildman–Crippen LogP) is 5.02. The molecule has 1 aromatic heterocycles. The minimum absolute atomic E-state index is 0.211. The Morgan fingerprint density at radius 2 is 1.89 bits per heavy atom. The smallest absolute Gasteiger partial charge is 0.411 e. The van der Waals surface area contributed by atoms with Crippen molar-refractivity contribution in [3.63, 3.8) is 0 Å². The molecule has 0 saturated heterocycles. The maximum Gasteiger partial charge on any atom is 0.411 e. The number of hydrogen-bond donors (Lipinski definition) is 1. The van der Waals surface area contributed by atoms with Crippen molar-refractivity contribution in [2.24, 2.45) is 0 Å². The van der Waals surface area contributed by atoms with E-state index in [1.165, 1.54) is 23.3 Å². The Morgan fingerprint density at radius 3 is 2.61 bits per heavy atom. The largest absolute Gasteiger partial charge is 0.493 e. The topological polar surface area (TPSA) is 107 Å². The summed E-state index contributed by atoms with van der Waals surface area (Å²) in [6.07, 6.45) is 2.32. The summed E-state index contributed by atoms with van der Waals surface area (Å²) in [4.78, 5) is 44.6.